The van der Waals surface area contributed by atoms with Crippen molar-refractivity contribution in [1.29, 1.82) is 0 Å². The first-order valence-electron chi connectivity index (χ1n) is 10.2. The van der Waals surface area contributed by atoms with E-state index in [4.69, 9.17) is 9.47 Å². The van der Waals surface area contributed by atoms with Crippen molar-refractivity contribution in [1.82, 2.24) is 0 Å². The van der Waals surface area contributed by atoms with Crippen LogP contribution in [0.1, 0.15) is 60.2 Å². The third-order valence-electron chi connectivity index (χ3n) is 4.94. The van der Waals surface area contributed by atoms with E-state index in [9.17, 15) is 9.59 Å². The molecule has 0 bridgehead atoms. The summed E-state index contributed by atoms with van der Waals surface area (Å²) in [5, 5.41) is 0. The quantitative estimate of drug-likeness (QED) is 0.355. The number of rotatable bonds is 11. The number of hydrogen-bond acceptors (Lipinski definition) is 4. The minimum absolute atomic E-state index is 0.117. The molecule has 0 aliphatic rings. The molecule has 4 nitrogen and oxygen atoms in total. The van der Waals surface area contributed by atoms with Crippen LogP contribution in [0.25, 0.3) is 0 Å². The number of ether oxygens (including phenoxy) is 2. The highest BCUT2D eigenvalue weighted by molar-refractivity contribution is 5.90. The number of benzene rings is 2. The van der Waals surface area contributed by atoms with Gasteiger partial charge in [0.25, 0.3) is 0 Å². The van der Waals surface area contributed by atoms with Gasteiger partial charge in [-0.05, 0) is 37.6 Å². The van der Waals surface area contributed by atoms with E-state index in [2.05, 4.69) is 13.5 Å². The van der Waals surface area contributed by atoms with Crippen LogP contribution in [0.4, 0.5) is 0 Å². The molecule has 0 aliphatic carbocycles. The van der Waals surface area contributed by atoms with Crippen molar-refractivity contribution in [3.05, 3.63) is 84.4 Å². The molecule has 0 heterocycles. The maximum atomic E-state index is 12.6. The molecule has 0 radical (unpaired) electrons. The molecule has 3 atom stereocenters. The molecule has 4 heteroatoms. The number of carbonyl (C=O) groups excluding carboxylic acids is 2. The summed E-state index contributed by atoms with van der Waals surface area (Å²) in [6, 6.07) is 17.8. The summed E-state index contributed by atoms with van der Waals surface area (Å²) in [4.78, 5) is 25.1. The van der Waals surface area contributed by atoms with Gasteiger partial charge in [-0.1, -0.05) is 62.2 Å². The van der Waals surface area contributed by atoms with Crippen LogP contribution in [0, 0.1) is 5.92 Å². The van der Waals surface area contributed by atoms with Crippen LogP contribution in [-0.4, -0.2) is 24.1 Å². The molecule has 0 saturated carbocycles. The molecule has 2 aromatic rings. The molecular weight excluding hydrogens is 364 g/mol. The average molecular weight is 395 g/mol. The molecule has 0 aromatic heterocycles. The largest absolute Gasteiger partial charge is 0.459 e. The Morgan fingerprint density at radius 3 is 1.93 bits per heavy atom. The molecule has 0 spiro atoms. The van der Waals surface area contributed by atoms with E-state index in [0.717, 1.165) is 19.3 Å². The summed E-state index contributed by atoms with van der Waals surface area (Å²) in [6.07, 6.45) is 4.18. The molecule has 0 fully saturated rings. The highest BCUT2D eigenvalue weighted by Gasteiger charge is 2.31. The fraction of sp³-hybridized carbons (Fsp3) is 0.360. The van der Waals surface area contributed by atoms with Crippen molar-refractivity contribution in [2.24, 2.45) is 5.92 Å². The Balaban J connectivity index is 2.15. The molecule has 3 unspecified atom stereocenters. The highest BCUT2D eigenvalue weighted by atomic mass is 16.6. The van der Waals surface area contributed by atoms with Crippen molar-refractivity contribution in [3.63, 3.8) is 0 Å². The monoisotopic (exact) mass is 394 g/mol. The fourth-order valence-electron chi connectivity index (χ4n) is 3.32. The topological polar surface area (TPSA) is 52.6 Å². The minimum Gasteiger partial charge on any atom is -0.459 e. The Bertz CT molecular complexity index is 770. The van der Waals surface area contributed by atoms with Gasteiger partial charge in [-0.15, -0.1) is 6.58 Å². The molecule has 154 valence electrons. The molecule has 0 aliphatic heterocycles. The molecule has 2 aromatic carbocycles. The van der Waals surface area contributed by atoms with E-state index < -0.39 is 12.2 Å². The molecule has 0 amide bonds. The lowest BCUT2D eigenvalue weighted by molar-refractivity contribution is -0.0296. The standard InChI is InChI=1S/C25H30O4/c1-4-6-18-22(19(3)28-24(26)20-14-9-7-10-15-20)23(13-5-2)29-25(27)21-16-11-8-12-17-21/h5,7-12,14-17,19,22-23H,2,4,6,13,18H2,1,3H3. The zero-order valence-corrected chi connectivity index (χ0v) is 17.3. The zero-order chi connectivity index (χ0) is 21.1. The summed E-state index contributed by atoms with van der Waals surface area (Å²) < 4.78 is 11.6. The lowest BCUT2D eigenvalue weighted by Gasteiger charge is -2.31. The van der Waals surface area contributed by atoms with Crippen molar-refractivity contribution in [2.75, 3.05) is 0 Å². The van der Waals surface area contributed by atoms with Crippen LogP contribution < -0.4 is 0 Å². The lowest BCUT2D eigenvalue weighted by Crippen LogP contribution is -2.36. The second-order valence-electron chi connectivity index (χ2n) is 7.12. The van der Waals surface area contributed by atoms with Gasteiger partial charge in [0.1, 0.15) is 12.2 Å². The second kappa shape index (κ2) is 11.8. The first kappa shape index (κ1) is 22.4. The Morgan fingerprint density at radius 1 is 0.931 bits per heavy atom. The summed E-state index contributed by atoms with van der Waals surface area (Å²) in [5.74, 6) is -0.861. The van der Waals surface area contributed by atoms with Gasteiger partial charge in [0.2, 0.25) is 0 Å². The predicted molar refractivity (Wildman–Crippen MR) is 115 cm³/mol. The maximum Gasteiger partial charge on any atom is 0.338 e. The number of hydrogen-bond donors (Lipinski definition) is 0. The summed E-state index contributed by atoms with van der Waals surface area (Å²) in [5.41, 5.74) is 1.01. The normalized spacial score (nSPS) is 13.7. The van der Waals surface area contributed by atoms with Crippen molar-refractivity contribution < 1.29 is 19.1 Å². The summed E-state index contributed by atoms with van der Waals surface area (Å²) in [7, 11) is 0. The summed E-state index contributed by atoms with van der Waals surface area (Å²) >= 11 is 0. The lowest BCUT2D eigenvalue weighted by atomic mass is 9.89. The van der Waals surface area contributed by atoms with E-state index in [1.807, 2.05) is 19.1 Å². The van der Waals surface area contributed by atoms with Crippen LogP contribution in [0.5, 0.6) is 0 Å². The first-order chi connectivity index (χ1) is 14.1. The Hall–Kier alpha value is -2.88. The number of esters is 2. The Morgan fingerprint density at radius 2 is 1.45 bits per heavy atom. The van der Waals surface area contributed by atoms with E-state index in [0.29, 0.717) is 17.5 Å². The SMILES string of the molecule is C=CCC(OC(=O)c1ccccc1)C(CCCC)C(C)OC(=O)c1ccccc1. The number of unbranched alkanes of at least 4 members (excludes halogenated alkanes) is 1. The van der Waals surface area contributed by atoms with Gasteiger partial charge < -0.3 is 9.47 Å². The molecule has 29 heavy (non-hydrogen) atoms. The third-order valence-corrected chi connectivity index (χ3v) is 4.94. The van der Waals surface area contributed by atoms with Crippen molar-refractivity contribution >= 4 is 11.9 Å². The van der Waals surface area contributed by atoms with Gasteiger partial charge in [0, 0.05) is 12.3 Å². The van der Waals surface area contributed by atoms with Crippen LogP contribution in [0.3, 0.4) is 0 Å². The molecule has 2 rings (SSSR count). The van der Waals surface area contributed by atoms with Gasteiger partial charge >= 0.3 is 11.9 Å². The van der Waals surface area contributed by atoms with E-state index in [1.54, 1.807) is 54.6 Å². The first-order valence-corrected chi connectivity index (χ1v) is 10.2. The second-order valence-corrected chi connectivity index (χ2v) is 7.12. The summed E-state index contributed by atoms with van der Waals surface area (Å²) in [6.45, 7) is 7.79. The van der Waals surface area contributed by atoms with Crippen molar-refractivity contribution in [3.8, 4) is 0 Å². The van der Waals surface area contributed by atoms with Crippen LogP contribution in [0.2, 0.25) is 0 Å². The van der Waals surface area contributed by atoms with E-state index in [-0.39, 0.29) is 17.9 Å². The van der Waals surface area contributed by atoms with E-state index in [1.165, 1.54) is 0 Å². The van der Waals surface area contributed by atoms with Crippen LogP contribution in [0.15, 0.2) is 73.3 Å². The molecular formula is C25H30O4. The highest BCUT2D eigenvalue weighted by Crippen LogP contribution is 2.26. The van der Waals surface area contributed by atoms with Gasteiger partial charge in [-0.3, -0.25) is 0 Å². The fourth-order valence-corrected chi connectivity index (χ4v) is 3.32. The third kappa shape index (κ3) is 6.90. The minimum atomic E-state index is -0.412. The zero-order valence-electron chi connectivity index (χ0n) is 17.3. The smallest absolute Gasteiger partial charge is 0.338 e. The van der Waals surface area contributed by atoms with E-state index >= 15 is 0 Å². The van der Waals surface area contributed by atoms with Gasteiger partial charge in [0.15, 0.2) is 0 Å². The number of carbonyl (C=O) groups is 2. The van der Waals surface area contributed by atoms with Gasteiger partial charge in [-0.2, -0.15) is 0 Å². The molecule has 0 saturated heterocycles. The predicted octanol–water partition coefficient (Wildman–Crippen LogP) is 5.84. The van der Waals surface area contributed by atoms with Crippen molar-refractivity contribution in [2.45, 2.75) is 51.7 Å². The maximum absolute atomic E-state index is 12.6. The van der Waals surface area contributed by atoms with Crippen LogP contribution >= 0.6 is 0 Å². The Kier molecular flexibility index (Phi) is 9.16. The average Bonchev–Trinajstić information content (AvgIpc) is 2.75. The van der Waals surface area contributed by atoms with Gasteiger partial charge in [0.05, 0.1) is 11.1 Å². The van der Waals surface area contributed by atoms with Crippen LogP contribution in [-0.2, 0) is 9.47 Å². The molecule has 0 N–H and O–H groups in total. The Labute approximate surface area is 173 Å². The van der Waals surface area contributed by atoms with Gasteiger partial charge in [-0.25, -0.2) is 9.59 Å².